The highest BCUT2D eigenvalue weighted by Gasteiger charge is 2.47. The lowest BCUT2D eigenvalue weighted by Gasteiger charge is -2.38. The standard InChI is InChI=1S/C32H28F7N5O6/c33-23-3-1-2-22(31(34,35)36)21(23)15-42-25-17-49-30(10-12-41(13-11-30)14-20-8-9-26(50-20)32(37,38)39)27(25)28(45)43(29(42)46)16-24(40)18-4-6-19(7-5-18)44(47)48/h1-9,24H,10-17,40H2. The number of aromatic nitrogens is 2. The van der Waals surface area contributed by atoms with Gasteiger partial charge in [-0.2, -0.15) is 26.3 Å². The summed E-state index contributed by atoms with van der Waals surface area (Å²) in [6.45, 7) is -1.34. The van der Waals surface area contributed by atoms with Crippen LogP contribution in [0.3, 0.4) is 0 Å². The second kappa shape index (κ2) is 12.8. The van der Waals surface area contributed by atoms with E-state index in [9.17, 15) is 46.0 Å². The molecule has 50 heavy (non-hydrogen) atoms. The van der Waals surface area contributed by atoms with Crippen molar-refractivity contribution in [2.75, 3.05) is 13.1 Å². The Kier molecular flexibility index (Phi) is 8.98. The van der Waals surface area contributed by atoms with E-state index in [1.807, 2.05) is 0 Å². The third-order valence-electron chi connectivity index (χ3n) is 9.11. The summed E-state index contributed by atoms with van der Waals surface area (Å²) in [5, 5.41) is 11.1. The molecule has 1 atom stereocenters. The molecule has 0 aliphatic carbocycles. The second-order valence-corrected chi connectivity index (χ2v) is 12.1. The Morgan fingerprint density at radius 3 is 2.20 bits per heavy atom. The predicted octanol–water partition coefficient (Wildman–Crippen LogP) is 5.46. The number of ether oxygens (including phenoxy) is 1. The van der Waals surface area contributed by atoms with Gasteiger partial charge in [0, 0.05) is 36.8 Å². The van der Waals surface area contributed by atoms with Crippen LogP contribution in [-0.2, 0) is 48.9 Å². The monoisotopic (exact) mass is 711 g/mol. The van der Waals surface area contributed by atoms with Gasteiger partial charge >= 0.3 is 18.0 Å². The molecule has 1 unspecified atom stereocenters. The number of alkyl halides is 6. The van der Waals surface area contributed by atoms with Crippen LogP contribution in [0.25, 0.3) is 0 Å². The molecule has 2 aromatic carbocycles. The molecule has 18 heteroatoms. The minimum atomic E-state index is -4.98. The minimum absolute atomic E-state index is 0.0142. The number of nitrogens with zero attached hydrogens (tertiary/aromatic N) is 4. The topological polar surface area (TPSA) is 139 Å². The molecule has 0 bridgehead atoms. The van der Waals surface area contributed by atoms with Crippen molar-refractivity contribution < 1.29 is 44.8 Å². The van der Waals surface area contributed by atoms with E-state index in [0.717, 1.165) is 27.3 Å². The number of piperidine rings is 1. The van der Waals surface area contributed by atoms with Crippen LogP contribution in [0.5, 0.6) is 0 Å². The lowest BCUT2D eigenvalue weighted by molar-refractivity contribution is -0.384. The highest BCUT2D eigenvalue weighted by atomic mass is 19.4. The summed E-state index contributed by atoms with van der Waals surface area (Å²) in [7, 11) is 0. The van der Waals surface area contributed by atoms with Gasteiger partial charge in [0.1, 0.15) is 17.2 Å². The predicted molar refractivity (Wildman–Crippen MR) is 160 cm³/mol. The van der Waals surface area contributed by atoms with Crippen molar-refractivity contribution in [3.05, 3.63) is 131 Å². The number of benzene rings is 2. The van der Waals surface area contributed by atoms with Gasteiger partial charge in [-0.1, -0.05) is 18.2 Å². The van der Waals surface area contributed by atoms with Crippen molar-refractivity contribution in [1.82, 2.24) is 14.0 Å². The number of nitro benzene ring substituents is 1. The molecule has 4 heterocycles. The van der Waals surface area contributed by atoms with Crippen molar-refractivity contribution in [2.45, 2.75) is 63.1 Å². The smallest absolute Gasteiger partial charge is 0.449 e. The maximum atomic E-state index is 15.0. The molecule has 2 aliphatic rings. The van der Waals surface area contributed by atoms with Crippen LogP contribution in [0.2, 0.25) is 0 Å². The first kappa shape index (κ1) is 35.0. The van der Waals surface area contributed by atoms with Crippen molar-refractivity contribution in [2.24, 2.45) is 5.73 Å². The molecule has 11 nitrogen and oxygen atoms in total. The SMILES string of the molecule is NC(Cn1c(=O)c2c(n(Cc3c(F)cccc3C(F)(F)F)c1=O)COC21CCN(Cc2ccc(C(F)(F)F)o2)CC1)c1ccc([N+](=O)[O-])cc1. The molecule has 0 saturated carbocycles. The Bertz CT molecular complexity index is 2040. The molecule has 0 amide bonds. The molecule has 1 spiro atoms. The first-order chi connectivity index (χ1) is 23.5. The number of rotatable bonds is 8. The van der Waals surface area contributed by atoms with E-state index in [0.29, 0.717) is 11.6 Å². The Hall–Kier alpha value is -4.81. The number of non-ortho nitro benzene ring substituents is 1. The van der Waals surface area contributed by atoms with Gasteiger partial charge in [-0.25, -0.2) is 9.18 Å². The van der Waals surface area contributed by atoms with E-state index >= 15 is 4.39 Å². The fourth-order valence-corrected chi connectivity index (χ4v) is 6.54. The first-order valence-electron chi connectivity index (χ1n) is 15.2. The van der Waals surface area contributed by atoms with Crippen LogP contribution < -0.4 is 17.0 Å². The van der Waals surface area contributed by atoms with E-state index in [1.54, 1.807) is 4.90 Å². The van der Waals surface area contributed by atoms with Gasteiger partial charge in [-0.3, -0.25) is 28.9 Å². The zero-order valence-corrected chi connectivity index (χ0v) is 25.9. The lowest BCUT2D eigenvalue weighted by atomic mass is 9.85. The van der Waals surface area contributed by atoms with Gasteiger partial charge < -0.3 is 14.9 Å². The fraction of sp³-hybridized carbons (Fsp3) is 0.375. The van der Waals surface area contributed by atoms with Crippen LogP contribution >= 0.6 is 0 Å². The second-order valence-electron chi connectivity index (χ2n) is 12.1. The molecule has 2 aliphatic heterocycles. The molecule has 1 saturated heterocycles. The Morgan fingerprint density at radius 2 is 1.60 bits per heavy atom. The van der Waals surface area contributed by atoms with Crippen molar-refractivity contribution in [3.63, 3.8) is 0 Å². The van der Waals surface area contributed by atoms with Crippen molar-refractivity contribution >= 4 is 5.69 Å². The molecule has 1 fully saturated rings. The summed E-state index contributed by atoms with van der Waals surface area (Å²) < 4.78 is 109. The molecule has 6 rings (SSSR count). The van der Waals surface area contributed by atoms with Crippen LogP contribution in [-0.4, -0.2) is 32.0 Å². The average molecular weight is 712 g/mol. The largest absolute Gasteiger partial charge is 0.455 e. The van der Waals surface area contributed by atoms with E-state index in [-0.39, 0.29) is 61.8 Å². The number of likely N-dealkylation sites (tertiary alicyclic amines) is 1. The van der Waals surface area contributed by atoms with Gasteiger partial charge in [-0.05, 0) is 42.7 Å². The Labute approximate surface area is 277 Å². The molecule has 2 aromatic heterocycles. The molecule has 4 aromatic rings. The average Bonchev–Trinajstić information content (AvgIpc) is 3.68. The van der Waals surface area contributed by atoms with Crippen LogP contribution in [0, 0.1) is 15.9 Å². The number of fused-ring (bicyclic) bond motifs is 2. The number of nitrogens with two attached hydrogens (primary N) is 1. The van der Waals surface area contributed by atoms with Crippen molar-refractivity contribution in [3.8, 4) is 0 Å². The van der Waals surface area contributed by atoms with Gasteiger partial charge in [-0.15, -0.1) is 0 Å². The van der Waals surface area contributed by atoms with Crippen LogP contribution in [0.4, 0.5) is 36.4 Å². The highest BCUT2D eigenvalue weighted by Crippen LogP contribution is 2.43. The minimum Gasteiger partial charge on any atom is -0.455 e. The number of nitro groups is 1. The first-order valence-corrected chi connectivity index (χ1v) is 15.2. The number of furan rings is 1. The van der Waals surface area contributed by atoms with Crippen LogP contribution in [0.1, 0.15) is 58.4 Å². The summed E-state index contributed by atoms with van der Waals surface area (Å²) in [4.78, 5) is 40.4. The zero-order chi connectivity index (χ0) is 36.2. The van der Waals surface area contributed by atoms with Gasteiger partial charge in [0.05, 0.1) is 48.0 Å². The molecule has 0 radical (unpaired) electrons. The quantitative estimate of drug-likeness (QED) is 0.145. The van der Waals surface area contributed by atoms with Gasteiger partial charge in [0.2, 0.25) is 5.76 Å². The third-order valence-corrected chi connectivity index (χ3v) is 9.11. The zero-order valence-electron chi connectivity index (χ0n) is 25.9. The van der Waals surface area contributed by atoms with Gasteiger partial charge in [0.25, 0.3) is 11.2 Å². The number of hydrogen-bond donors (Lipinski definition) is 1. The lowest BCUT2D eigenvalue weighted by Crippen LogP contribution is -2.49. The van der Waals surface area contributed by atoms with E-state index in [4.69, 9.17) is 14.9 Å². The van der Waals surface area contributed by atoms with Crippen molar-refractivity contribution in [1.29, 1.82) is 0 Å². The normalized spacial score (nSPS) is 16.9. The molecular formula is C32H28F7N5O6. The maximum absolute atomic E-state index is 15.0. The van der Waals surface area contributed by atoms with Crippen LogP contribution in [0.15, 0.2) is 68.6 Å². The summed E-state index contributed by atoms with van der Waals surface area (Å²) in [6, 6.07) is 8.36. The van der Waals surface area contributed by atoms with E-state index in [1.165, 1.54) is 30.3 Å². The Balaban J connectivity index is 1.38. The highest BCUT2D eigenvalue weighted by molar-refractivity contribution is 5.36. The number of hydrogen-bond acceptors (Lipinski definition) is 8. The fourth-order valence-electron chi connectivity index (χ4n) is 6.54. The van der Waals surface area contributed by atoms with Gasteiger partial charge in [0.15, 0.2) is 0 Å². The summed E-state index contributed by atoms with van der Waals surface area (Å²) in [5.74, 6) is -2.32. The van der Waals surface area contributed by atoms with E-state index < -0.39 is 76.0 Å². The number of halogens is 7. The molecular weight excluding hydrogens is 683 g/mol. The van der Waals surface area contributed by atoms with E-state index in [2.05, 4.69) is 0 Å². The summed E-state index contributed by atoms with van der Waals surface area (Å²) >= 11 is 0. The third kappa shape index (κ3) is 6.57. The Morgan fingerprint density at radius 1 is 0.920 bits per heavy atom. The molecule has 266 valence electrons. The maximum Gasteiger partial charge on any atom is 0.449 e. The summed E-state index contributed by atoms with van der Waals surface area (Å²) in [6.07, 6.45) is -9.41. The molecule has 2 N–H and O–H groups in total. The summed E-state index contributed by atoms with van der Waals surface area (Å²) in [5.41, 5.74) is 0.982.